The van der Waals surface area contributed by atoms with Gasteiger partial charge < -0.3 is 9.73 Å². The summed E-state index contributed by atoms with van der Waals surface area (Å²) in [5.41, 5.74) is 2.10. The summed E-state index contributed by atoms with van der Waals surface area (Å²) in [6, 6.07) is 9.02. The van der Waals surface area contributed by atoms with Crippen LogP contribution in [0, 0.1) is 5.41 Å². The standard InChI is InChI=1S/C15H20N2O/c1-15(2)10-6-5-9-13(15)17-14-16-11-7-3-4-8-12(11)18-14/h3-4,7-8,13H,5-6,9-10H2,1-2H3,(H,16,17). The Morgan fingerprint density at radius 3 is 2.89 bits per heavy atom. The number of aromatic nitrogens is 1. The molecule has 1 aliphatic rings. The lowest BCUT2D eigenvalue weighted by atomic mass is 9.73. The third kappa shape index (κ3) is 2.09. The van der Waals surface area contributed by atoms with E-state index in [-0.39, 0.29) is 0 Å². The quantitative estimate of drug-likeness (QED) is 0.860. The van der Waals surface area contributed by atoms with Gasteiger partial charge in [0.2, 0.25) is 0 Å². The number of benzene rings is 1. The molecule has 0 aliphatic heterocycles. The third-order valence-corrected chi connectivity index (χ3v) is 4.10. The van der Waals surface area contributed by atoms with Gasteiger partial charge in [0.1, 0.15) is 5.52 Å². The molecule has 1 N–H and O–H groups in total. The Labute approximate surface area is 108 Å². The Bertz CT molecular complexity index is 511. The molecule has 1 fully saturated rings. The highest BCUT2D eigenvalue weighted by atomic mass is 16.4. The van der Waals surface area contributed by atoms with Crippen LogP contribution in [-0.4, -0.2) is 11.0 Å². The molecule has 96 valence electrons. The van der Waals surface area contributed by atoms with E-state index in [1.807, 2.05) is 24.3 Å². The normalized spacial score (nSPS) is 23.1. The van der Waals surface area contributed by atoms with E-state index in [1.54, 1.807) is 0 Å². The van der Waals surface area contributed by atoms with Gasteiger partial charge in [0, 0.05) is 6.04 Å². The van der Waals surface area contributed by atoms with Crippen LogP contribution in [0.1, 0.15) is 39.5 Å². The maximum absolute atomic E-state index is 5.74. The predicted molar refractivity (Wildman–Crippen MR) is 73.7 cm³/mol. The summed E-state index contributed by atoms with van der Waals surface area (Å²) in [4.78, 5) is 4.49. The van der Waals surface area contributed by atoms with Crippen molar-refractivity contribution in [1.82, 2.24) is 4.98 Å². The predicted octanol–water partition coefficient (Wildman–Crippen LogP) is 4.21. The number of fused-ring (bicyclic) bond motifs is 1. The molecule has 18 heavy (non-hydrogen) atoms. The van der Waals surface area contributed by atoms with Gasteiger partial charge in [0.25, 0.3) is 6.01 Å². The molecule has 1 aromatic heterocycles. The van der Waals surface area contributed by atoms with Gasteiger partial charge in [0.15, 0.2) is 5.58 Å². The largest absolute Gasteiger partial charge is 0.424 e. The number of nitrogens with one attached hydrogen (secondary N) is 1. The van der Waals surface area contributed by atoms with Gasteiger partial charge in [-0.3, -0.25) is 0 Å². The SMILES string of the molecule is CC1(C)CCCCC1Nc1nc2ccccc2o1. The topological polar surface area (TPSA) is 38.1 Å². The van der Waals surface area contributed by atoms with Crippen LogP contribution in [0.25, 0.3) is 11.1 Å². The minimum absolute atomic E-state index is 0.318. The van der Waals surface area contributed by atoms with E-state index < -0.39 is 0 Å². The minimum atomic E-state index is 0.318. The number of para-hydroxylation sites is 2. The number of oxazole rings is 1. The molecule has 1 unspecified atom stereocenters. The monoisotopic (exact) mass is 244 g/mol. The fraction of sp³-hybridized carbons (Fsp3) is 0.533. The molecule has 1 atom stereocenters. The molecule has 0 spiro atoms. The summed E-state index contributed by atoms with van der Waals surface area (Å²) >= 11 is 0. The average Bonchev–Trinajstić information content (AvgIpc) is 2.74. The van der Waals surface area contributed by atoms with E-state index in [1.165, 1.54) is 25.7 Å². The van der Waals surface area contributed by atoms with Gasteiger partial charge >= 0.3 is 0 Å². The third-order valence-electron chi connectivity index (χ3n) is 4.10. The van der Waals surface area contributed by atoms with Crippen molar-refractivity contribution in [2.45, 2.75) is 45.6 Å². The van der Waals surface area contributed by atoms with Gasteiger partial charge in [-0.1, -0.05) is 38.8 Å². The molecule has 3 nitrogen and oxygen atoms in total. The molecule has 1 saturated carbocycles. The number of hydrogen-bond acceptors (Lipinski definition) is 3. The van der Waals surface area contributed by atoms with Crippen molar-refractivity contribution in [3.8, 4) is 0 Å². The lowest BCUT2D eigenvalue weighted by molar-refractivity contribution is 0.214. The summed E-state index contributed by atoms with van der Waals surface area (Å²) in [6.45, 7) is 4.65. The second-order valence-electron chi connectivity index (χ2n) is 5.92. The first-order chi connectivity index (χ1) is 8.65. The van der Waals surface area contributed by atoms with Crippen LogP contribution < -0.4 is 5.32 Å². The molecular formula is C15H20N2O. The van der Waals surface area contributed by atoms with Crippen LogP contribution in [0.15, 0.2) is 28.7 Å². The van der Waals surface area contributed by atoms with Crippen molar-refractivity contribution in [3.63, 3.8) is 0 Å². The summed E-state index contributed by atoms with van der Waals surface area (Å²) in [7, 11) is 0. The molecule has 0 bridgehead atoms. The number of nitrogens with zero attached hydrogens (tertiary/aromatic N) is 1. The van der Waals surface area contributed by atoms with Crippen LogP contribution in [0.5, 0.6) is 0 Å². The Hall–Kier alpha value is -1.51. The average molecular weight is 244 g/mol. The van der Waals surface area contributed by atoms with Crippen molar-refractivity contribution in [2.24, 2.45) is 5.41 Å². The molecular weight excluding hydrogens is 224 g/mol. The number of anilines is 1. The fourth-order valence-corrected chi connectivity index (χ4v) is 2.84. The van der Waals surface area contributed by atoms with Crippen LogP contribution in [0.3, 0.4) is 0 Å². The minimum Gasteiger partial charge on any atom is -0.424 e. The van der Waals surface area contributed by atoms with E-state index in [4.69, 9.17) is 4.42 Å². The van der Waals surface area contributed by atoms with Crippen LogP contribution in [-0.2, 0) is 0 Å². The summed E-state index contributed by atoms with van der Waals surface area (Å²) < 4.78 is 5.74. The van der Waals surface area contributed by atoms with Crippen molar-refractivity contribution in [1.29, 1.82) is 0 Å². The van der Waals surface area contributed by atoms with Crippen molar-refractivity contribution < 1.29 is 4.42 Å². The Kier molecular flexibility index (Phi) is 2.77. The highest BCUT2D eigenvalue weighted by molar-refractivity contribution is 5.74. The fourth-order valence-electron chi connectivity index (χ4n) is 2.84. The molecule has 0 radical (unpaired) electrons. The van der Waals surface area contributed by atoms with Gasteiger partial charge in [0.05, 0.1) is 0 Å². The first-order valence-electron chi connectivity index (χ1n) is 6.77. The van der Waals surface area contributed by atoms with E-state index in [0.717, 1.165) is 11.1 Å². The van der Waals surface area contributed by atoms with Crippen LogP contribution in [0.2, 0.25) is 0 Å². The highest BCUT2D eigenvalue weighted by Crippen LogP contribution is 2.37. The van der Waals surface area contributed by atoms with Gasteiger partial charge in [-0.05, 0) is 30.4 Å². The second-order valence-corrected chi connectivity index (χ2v) is 5.92. The van der Waals surface area contributed by atoms with Crippen LogP contribution >= 0.6 is 0 Å². The lowest BCUT2D eigenvalue weighted by Crippen LogP contribution is -2.38. The molecule has 3 rings (SSSR count). The molecule has 1 aromatic carbocycles. The number of hydrogen-bond donors (Lipinski definition) is 1. The van der Waals surface area contributed by atoms with Gasteiger partial charge in [-0.2, -0.15) is 4.98 Å². The first-order valence-corrected chi connectivity index (χ1v) is 6.77. The van der Waals surface area contributed by atoms with E-state index in [2.05, 4.69) is 24.1 Å². The van der Waals surface area contributed by atoms with E-state index >= 15 is 0 Å². The Morgan fingerprint density at radius 2 is 2.11 bits per heavy atom. The van der Waals surface area contributed by atoms with Crippen molar-refractivity contribution in [2.75, 3.05) is 5.32 Å². The smallest absolute Gasteiger partial charge is 0.295 e. The zero-order chi connectivity index (χ0) is 12.6. The maximum Gasteiger partial charge on any atom is 0.295 e. The summed E-state index contributed by atoms with van der Waals surface area (Å²) in [6.07, 6.45) is 5.09. The lowest BCUT2D eigenvalue weighted by Gasteiger charge is -2.38. The Balaban J connectivity index is 1.83. The zero-order valence-electron chi connectivity index (χ0n) is 11.1. The second kappa shape index (κ2) is 4.30. The Morgan fingerprint density at radius 1 is 1.28 bits per heavy atom. The highest BCUT2D eigenvalue weighted by Gasteiger charge is 2.32. The molecule has 3 heteroatoms. The van der Waals surface area contributed by atoms with Gasteiger partial charge in [-0.15, -0.1) is 0 Å². The number of rotatable bonds is 2. The maximum atomic E-state index is 5.74. The van der Waals surface area contributed by atoms with Crippen molar-refractivity contribution >= 4 is 17.1 Å². The van der Waals surface area contributed by atoms with E-state index in [9.17, 15) is 0 Å². The molecule has 0 saturated heterocycles. The molecule has 0 amide bonds. The molecule has 1 heterocycles. The molecule has 2 aromatic rings. The summed E-state index contributed by atoms with van der Waals surface area (Å²) in [5.74, 6) is 0. The first kappa shape index (κ1) is 11.6. The van der Waals surface area contributed by atoms with Gasteiger partial charge in [-0.25, -0.2) is 0 Å². The van der Waals surface area contributed by atoms with Crippen LogP contribution in [0.4, 0.5) is 6.01 Å². The zero-order valence-corrected chi connectivity index (χ0v) is 11.1. The summed E-state index contributed by atoms with van der Waals surface area (Å²) in [5, 5.41) is 3.48. The van der Waals surface area contributed by atoms with Crippen molar-refractivity contribution in [3.05, 3.63) is 24.3 Å². The molecule has 1 aliphatic carbocycles. The van der Waals surface area contributed by atoms with E-state index in [0.29, 0.717) is 17.5 Å².